The lowest BCUT2D eigenvalue weighted by Gasteiger charge is -2.08. The van der Waals surface area contributed by atoms with Crippen molar-refractivity contribution in [2.75, 3.05) is 0 Å². The summed E-state index contributed by atoms with van der Waals surface area (Å²) in [5.41, 5.74) is 6.42. The predicted octanol–water partition coefficient (Wildman–Crippen LogP) is 2.74. The topological polar surface area (TPSA) is 72.0 Å². The van der Waals surface area contributed by atoms with Crippen LogP contribution in [-0.2, 0) is 6.61 Å². The van der Waals surface area contributed by atoms with Crippen LogP contribution in [-0.4, -0.2) is 10.8 Å². The van der Waals surface area contributed by atoms with Crippen LogP contribution in [0.5, 0.6) is 5.75 Å². The molecular weight excluding hydrogens is 269 g/mol. The fourth-order valence-electron chi connectivity index (χ4n) is 1.51. The minimum absolute atomic E-state index is 0.106. The molecule has 2 aromatic rings. The van der Waals surface area contributed by atoms with Gasteiger partial charge in [-0.1, -0.05) is 11.6 Å². The molecule has 0 radical (unpaired) electrons. The SMILES string of the molecule is N=C(N)c1ccc(OCc2cncc(F)c2)cc1Cl. The maximum atomic E-state index is 12.9. The highest BCUT2D eigenvalue weighted by Gasteiger charge is 2.05. The molecule has 98 valence electrons. The smallest absolute Gasteiger partial charge is 0.141 e. The number of hydrogen-bond acceptors (Lipinski definition) is 3. The number of aromatic nitrogens is 1. The van der Waals surface area contributed by atoms with Crippen LogP contribution < -0.4 is 10.5 Å². The Kier molecular flexibility index (Phi) is 3.97. The second-order valence-electron chi connectivity index (χ2n) is 3.86. The number of pyridine rings is 1. The lowest BCUT2D eigenvalue weighted by Crippen LogP contribution is -2.11. The lowest BCUT2D eigenvalue weighted by molar-refractivity contribution is 0.305. The van der Waals surface area contributed by atoms with Gasteiger partial charge in [0, 0.05) is 17.3 Å². The monoisotopic (exact) mass is 279 g/mol. The molecule has 1 aromatic carbocycles. The van der Waals surface area contributed by atoms with Gasteiger partial charge >= 0.3 is 0 Å². The first-order valence-corrected chi connectivity index (χ1v) is 5.80. The molecule has 0 spiro atoms. The van der Waals surface area contributed by atoms with Crippen molar-refractivity contribution in [3.8, 4) is 5.75 Å². The van der Waals surface area contributed by atoms with Gasteiger partial charge in [-0.15, -0.1) is 0 Å². The molecule has 19 heavy (non-hydrogen) atoms. The van der Waals surface area contributed by atoms with Crippen LogP contribution in [0.25, 0.3) is 0 Å². The number of benzene rings is 1. The van der Waals surface area contributed by atoms with Crippen LogP contribution in [0.3, 0.4) is 0 Å². The fourth-order valence-corrected chi connectivity index (χ4v) is 1.78. The van der Waals surface area contributed by atoms with Crippen molar-refractivity contribution in [1.29, 1.82) is 5.41 Å². The summed E-state index contributed by atoms with van der Waals surface area (Å²) in [6.45, 7) is 0.181. The molecule has 0 aliphatic carbocycles. The maximum absolute atomic E-state index is 12.9. The highest BCUT2D eigenvalue weighted by Crippen LogP contribution is 2.22. The first-order chi connectivity index (χ1) is 9.06. The van der Waals surface area contributed by atoms with Gasteiger partial charge in [0.05, 0.1) is 11.2 Å². The molecule has 2 rings (SSSR count). The van der Waals surface area contributed by atoms with E-state index in [2.05, 4.69) is 4.98 Å². The molecule has 1 aromatic heterocycles. The van der Waals surface area contributed by atoms with Crippen molar-refractivity contribution < 1.29 is 9.13 Å². The van der Waals surface area contributed by atoms with Gasteiger partial charge in [0.2, 0.25) is 0 Å². The van der Waals surface area contributed by atoms with Crippen molar-refractivity contribution in [1.82, 2.24) is 4.98 Å². The standard InChI is InChI=1S/C13H11ClFN3O/c14-12-4-10(1-2-11(12)13(16)17)19-7-8-3-9(15)6-18-5-8/h1-6H,7H2,(H3,16,17). The Bertz CT molecular complexity index is 619. The number of halogens is 2. The number of nitrogens with one attached hydrogen (secondary N) is 1. The highest BCUT2D eigenvalue weighted by molar-refractivity contribution is 6.34. The Labute approximate surface area is 114 Å². The molecule has 0 saturated heterocycles. The number of nitrogens with two attached hydrogens (primary N) is 1. The largest absolute Gasteiger partial charge is 0.489 e. The van der Waals surface area contributed by atoms with Gasteiger partial charge < -0.3 is 10.5 Å². The first-order valence-electron chi connectivity index (χ1n) is 5.42. The molecule has 3 N–H and O–H groups in total. The first kappa shape index (κ1) is 13.3. The van der Waals surface area contributed by atoms with E-state index in [-0.39, 0.29) is 12.4 Å². The van der Waals surface area contributed by atoms with E-state index in [0.717, 1.165) is 6.20 Å². The number of amidine groups is 1. The van der Waals surface area contributed by atoms with Crippen LogP contribution in [0.15, 0.2) is 36.7 Å². The zero-order valence-corrected chi connectivity index (χ0v) is 10.6. The second-order valence-corrected chi connectivity index (χ2v) is 4.26. The molecule has 1 heterocycles. The third-order valence-electron chi connectivity index (χ3n) is 2.40. The average molecular weight is 280 g/mol. The Balaban J connectivity index is 2.08. The number of nitrogen functional groups attached to an aromatic ring is 1. The minimum Gasteiger partial charge on any atom is -0.489 e. The molecule has 4 nitrogen and oxygen atoms in total. The minimum atomic E-state index is -0.411. The van der Waals surface area contributed by atoms with Crippen LogP contribution in [0.1, 0.15) is 11.1 Å². The van der Waals surface area contributed by atoms with Crippen LogP contribution in [0.4, 0.5) is 4.39 Å². The Hall–Kier alpha value is -2.14. The molecule has 0 aliphatic heterocycles. The number of hydrogen-bond donors (Lipinski definition) is 2. The lowest BCUT2D eigenvalue weighted by atomic mass is 10.2. The van der Waals surface area contributed by atoms with Crippen molar-refractivity contribution >= 4 is 17.4 Å². The van der Waals surface area contributed by atoms with Gasteiger partial charge in [0.1, 0.15) is 24.0 Å². The van der Waals surface area contributed by atoms with Crippen molar-refractivity contribution in [3.63, 3.8) is 0 Å². The zero-order valence-electron chi connectivity index (χ0n) is 9.86. The predicted molar refractivity (Wildman–Crippen MR) is 71.0 cm³/mol. The summed E-state index contributed by atoms with van der Waals surface area (Å²) in [6, 6.07) is 6.16. The van der Waals surface area contributed by atoms with Crippen molar-refractivity contribution in [2.24, 2.45) is 5.73 Å². The summed E-state index contributed by atoms with van der Waals surface area (Å²) < 4.78 is 18.4. The van der Waals surface area contributed by atoms with E-state index in [9.17, 15) is 4.39 Å². The molecule has 6 heteroatoms. The van der Waals surface area contributed by atoms with Crippen molar-refractivity contribution in [2.45, 2.75) is 6.61 Å². The third kappa shape index (κ3) is 3.42. The maximum Gasteiger partial charge on any atom is 0.141 e. The van der Waals surface area contributed by atoms with E-state index in [1.54, 1.807) is 18.2 Å². The van der Waals surface area contributed by atoms with Gasteiger partial charge in [-0.25, -0.2) is 4.39 Å². The van der Waals surface area contributed by atoms with Crippen LogP contribution in [0, 0.1) is 11.2 Å². The third-order valence-corrected chi connectivity index (χ3v) is 2.71. The van der Waals surface area contributed by atoms with Gasteiger partial charge in [0.15, 0.2) is 0 Å². The highest BCUT2D eigenvalue weighted by atomic mass is 35.5. The molecule has 0 saturated carbocycles. The number of nitrogens with zero attached hydrogens (tertiary/aromatic N) is 1. The van der Waals surface area contributed by atoms with E-state index in [0.29, 0.717) is 21.9 Å². The van der Waals surface area contributed by atoms with Crippen molar-refractivity contribution in [3.05, 3.63) is 58.6 Å². The van der Waals surface area contributed by atoms with Crippen LogP contribution in [0.2, 0.25) is 5.02 Å². The Morgan fingerprint density at radius 2 is 2.16 bits per heavy atom. The summed E-state index contributed by atoms with van der Waals surface area (Å²) >= 11 is 5.96. The molecule has 0 unspecified atom stereocenters. The Morgan fingerprint density at radius 1 is 1.37 bits per heavy atom. The summed E-state index contributed by atoms with van der Waals surface area (Å²) in [5, 5.41) is 7.64. The summed E-state index contributed by atoms with van der Waals surface area (Å²) in [6.07, 6.45) is 2.65. The quantitative estimate of drug-likeness (QED) is 0.668. The average Bonchev–Trinajstić information content (AvgIpc) is 2.36. The van der Waals surface area contributed by atoms with E-state index in [1.807, 2.05) is 0 Å². The molecule has 0 aliphatic rings. The zero-order chi connectivity index (χ0) is 13.8. The van der Waals surface area contributed by atoms with Crippen LogP contribution >= 0.6 is 11.6 Å². The van der Waals surface area contributed by atoms with Gasteiger partial charge in [-0.2, -0.15) is 0 Å². The normalized spacial score (nSPS) is 10.2. The Morgan fingerprint density at radius 3 is 2.79 bits per heavy atom. The number of ether oxygens (including phenoxy) is 1. The molecule has 0 fully saturated rings. The molecular formula is C13H11ClFN3O. The van der Waals surface area contributed by atoms with E-state index < -0.39 is 5.82 Å². The summed E-state index contributed by atoms with van der Waals surface area (Å²) in [5.74, 6) is -0.00352. The molecule has 0 atom stereocenters. The molecule has 0 bridgehead atoms. The second kappa shape index (κ2) is 5.67. The molecule has 0 amide bonds. The fraction of sp³-hybridized carbons (Fsp3) is 0.0769. The summed E-state index contributed by atoms with van der Waals surface area (Å²) in [7, 11) is 0. The van der Waals surface area contributed by atoms with E-state index in [4.69, 9.17) is 27.5 Å². The van der Waals surface area contributed by atoms with E-state index in [1.165, 1.54) is 12.3 Å². The number of rotatable bonds is 4. The van der Waals surface area contributed by atoms with Gasteiger partial charge in [-0.3, -0.25) is 10.4 Å². The van der Waals surface area contributed by atoms with Gasteiger partial charge in [-0.05, 0) is 24.3 Å². The van der Waals surface area contributed by atoms with Gasteiger partial charge in [0.25, 0.3) is 0 Å². The van der Waals surface area contributed by atoms with E-state index >= 15 is 0 Å². The summed E-state index contributed by atoms with van der Waals surface area (Å²) in [4.78, 5) is 3.73.